The van der Waals surface area contributed by atoms with E-state index in [-0.39, 0.29) is 0 Å². The first kappa shape index (κ1) is 8.62. The minimum absolute atomic E-state index is 0.357. The molecule has 2 nitrogen and oxygen atoms in total. The summed E-state index contributed by atoms with van der Waals surface area (Å²) in [6.07, 6.45) is 10.4. The molecule has 0 aromatic rings. The number of fused-ring (bicyclic) bond motifs is 2. The Balaban J connectivity index is 1.87. The Hall–Kier alpha value is -0.970. The van der Waals surface area contributed by atoms with Crippen LogP contribution in [0.3, 0.4) is 0 Å². The number of likely N-dealkylation sites (tertiary alicyclic amines) is 1. The van der Waals surface area contributed by atoms with E-state index >= 15 is 0 Å². The lowest BCUT2D eigenvalue weighted by molar-refractivity contribution is -0.134. The predicted molar refractivity (Wildman–Crippen MR) is 50.9 cm³/mol. The van der Waals surface area contributed by atoms with E-state index in [2.05, 4.69) is 5.92 Å². The number of terminal acetylenes is 1. The van der Waals surface area contributed by atoms with Gasteiger partial charge in [0.25, 0.3) is 0 Å². The summed E-state index contributed by atoms with van der Waals surface area (Å²) in [5.41, 5.74) is 0. The van der Waals surface area contributed by atoms with Crippen LogP contribution < -0.4 is 0 Å². The summed E-state index contributed by atoms with van der Waals surface area (Å²) in [4.78, 5) is 13.7. The molecule has 1 saturated carbocycles. The molecule has 2 aliphatic rings. The standard InChI is InChI=1S/C11H15NO/c1-2-3-4-7-12-10-6-5-9(8-10)11(12)13/h1,9-10H,3-8H2. The fourth-order valence-corrected chi connectivity index (χ4v) is 2.52. The van der Waals surface area contributed by atoms with Gasteiger partial charge in [0.15, 0.2) is 0 Å². The summed E-state index contributed by atoms with van der Waals surface area (Å²) in [5.74, 6) is 3.35. The molecular formula is C11H15NO. The zero-order chi connectivity index (χ0) is 9.26. The van der Waals surface area contributed by atoms with E-state index in [1.807, 2.05) is 4.90 Å². The Morgan fingerprint density at radius 1 is 1.54 bits per heavy atom. The molecule has 0 aromatic heterocycles. The molecule has 1 heterocycles. The Labute approximate surface area is 79.3 Å². The van der Waals surface area contributed by atoms with Gasteiger partial charge in [0.2, 0.25) is 5.91 Å². The number of rotatable bonds is 3. The van der Waals surface area contributed by atoms with Crippen molar-refractivity contribution in [2.24, 2.45) is 5.92 Å². The van der Waals surface area contributed by atoms with E-state index in [4.69, 9.17) is 6.42 Å². The fourth-order valence-electron chi connectivity index (χ4n) is 2.52. The van der Waals surface area contributed by atoms with Crippen molar-refractivity contribution in [3.05, 3.63) is 0 Å². The molecule has 0 aromatic carbocycles. The van der Waals surface area contributed by atoms with Gasteiger partial charge in [-0.05, 0) is 25.7 Å². The van der Waals surface area contributed by atoms with Gasteiger partial charge in [-0.2, -0.15) is 0 Å². The number of piperidine rings is 1. The second-order valence-corrected chi connectivity index (χ2v) is 4.00. The molecule has 1 aliphatic carbocycles. The zero-order valence-electron chi connectivity index (χ0n) is 7.83. The van der Waals surface area contributed by atoms with Crippen LogP contribution in [0.4, 0.5) is 0 Å². The smallest absolute Gasteiger partial charge is 0.226 e. The molecule has 1 amide bonds. The average Bonchev–Trinajstić information content (AvgIpc) is 2.69. The minimum atomic E-state index is 0.357. The molecule has 0 N–H and O–H groups in total. The quantitative estimate of drug-likeness (QED) is 0.471. The highest BCUT2D eigenvalue weighted by molar-refractivity contribution is 5.82. The van der Waals surface area contributed by atoms with Gasteiger partial charge in [-0.15, -0.1) is 12.3 Å². The van der Waals surface area contributed by atoms with Gasteiger partial charge in [0.1, 0.15) is 0 Å². The highest BCUT2D eigenvalue weighted by atomic mass is 16.2. The van der Waals surface area contributed by atoms with Crippen LogP contribution in [-0.4, -0.2) is 23.4 Å². The minimum Gasteiger partial charge on any atom is -0.339 e. The van der Waals surface area contributed by atoms with Crippen molar-refractivity contribution in [2.45, 2.75) is 38.1 Å². The SMILES string of the molecule is C#CCCCN1C(=O)C2CCC1C2. The average molecular weight is 177 g/mol. The Morgan fingerprint density at radius 3 is 3.00 bits per heavy atom. The zero-order valence-corrected chi connectivity index (χ0v) is 7.83. The highest BCUT2D eigenvalue weighted by Gasteiger charge is 2.43. The van der Waals surface area contributed by atoms with E-state index < -0.39 is 0 Å². The first-order valence-electron chi connectivity index (χ1n) is 5.07. The van der Waals surface area contributed by atoms with Gasteiger partial charge >= 0.3 is 0 Å². The molecule has 1 aliphatic heterocycles. The number of nitrogens with zero attached hydrogens (tertiary/aromatic N) is 1. The molecular weight excluding hydrogens is 162 g/mol. The van der Waals surface area contributed by atoms with Crippen LogP contribution in [-0.2, 0) is 4.79 Å². The summed E-state index contributed by atoms with van der Waals surface area (Å²) in [6.45, 7) is 0.879. The van der Waals surface area contributed by atoms with Gasteiger partial charge in [-0.25, -0.2) is 0 Å². The molecule has 70 valence electrons. The molecule has 2 bridgehead atoms. The summed E-state index contributed by atoms with van der Waals surface area (Å²) in [5, 5.41) is 0. The second-order valence-electron chi connectivity index (χ2n) is 4.00. The predicted octanol–water partition coefficient (Wildman–Crippen LogP) is 1.41. The summed E-state index contributed by atoms with van der Waals surface area (Å²) >= 11 is 0. The maximum absolute atomic E-state index is 11.6. The lowest BCUT2D eigenvalue weighted by Crippen LogP contribution is -2.37. The number of hydrogen-bond donors (Lipinski definition) is 0. The number of hydrogen-bond acceptors (Lipinski definition) is 1. The molecule has 2 rings (SSSR count). The highest BCUT2D eigenvalue weighted by Crippen LogP contribution is 2.38. The Bertz CT molecular complexity index is 253. The lowest BCUT2D eigenvalue weighted by atomic mass is 10.1. The van der Waals surface area contributed by atoms with Crippen LogP contribution in [0.15, 0.2) is 0 Å². The van der Waals surface area contributed by atoms with Gasteiger partial charge in [0.05, 0.1) is 0 Å². The lowest BCUT2D eigenvalue weighted by Gasteiger charge is -2.26. The molecule has 2 heteroatoms. The number of amides is 1. The second kappa shape index (κ2) is 3.41. The summed E-state index contributed by atoms with van der Waals surface area (Å²) in [7, 11) is 0. The number of carbonyl (C=O) groups is 1. The van der Waals surface area contributed by atoms with Crippen molar-refractivity contribution in [3.63, 3.8) is 0 Å². The van der Waals surface area contributed by atoms with E-state index in [9.17, 15) is 4.79 Å². The van der Waals surface area contributed by atoms with Crippen LogP contribution in [0.2, 0.25) is 0 Å². The van der Waals surface area contributed by atoms with Crippen molar-refractivity contribution in [1.29, 1.82) is 0 Å². The summed E-state index contributed by atoms with van der Waals surface area (Å²) < 4.78 is 0. The van der Waals surface area contributed by atoms with Crippen molar-refractivity contribution in [2.75, 3.05) is 6.54 Å². The fraction of sp³-hybridized carbons (Fsp3) is 0.727. The van der Waals surface area contributed by atoms with Crippen LogP contribution >= 0.6 is 0 Å². The molecule has 0 radical (unpaired) electrons. The molecule has 13 heavy (non-hydrogen) atoms. The topological polar surface area (TPSA) is 20.3 Å². The van der Waals surface area contributed by atoms with E-state index in [0.717, 1.165) is 32.2 Å². The van der Waals surface area contributed by atoms with Gasteiger partial charge in [-0.3, -0.25) is 4.79 Å². The van der Waals surface area contributed by atoms with E-state index in [1.54, 1.807) is 0 Å². The summed E-state index contributed by atoms with van der Waals surface area (Å²) in [6, 6.07) is 0.551. The molecule has 2 fully saturated rings. The van der Waals surface area contributed by atoms with E-state index in [1.165, 1.54) is 6.42 Å². The Kier molecular flexibility index (Phi) is 2.26. The molecule has 2 unspecified atom stereocenters. The largest absolute Gasteiger partial charge is 0.339 e. The van der Waals surface area contributed by atoms with Crippen LogP contribution in [0, 0.1) is 18.3 Å². The third kappa shape index (κ3) is 1.44. The molecule has 2 atom stereocenters. The molecule has 1 saturated heterocycles. The van der Waals surface area contributed by atoms with Gasteiger partial charge in [0, 0.05) is 24.9 Å². The third-order valence-corrected chi connectivity index (χ3v) is 3.20. The maximum Gasteiger partial charge on any atom is 0.226 e. The maximum atomic E-state index is 11.6. The van der Waals surface area contributed by atoms with Gasteiger partial charge < -0.3 is 4.90 Å². The van der Waals surface area contributed by atoms with Crippen LogP contribution in [0.25, 0.3) is 0 Å². The number of unbranched alkanes of at least 4 members (excludes halogenated alkanes) is 1. The normalized spacial score (nSPS) is 31.0. The third-order valence-electron chi connectivity index (χ3n) is 3.20. The van der Waals surface area contributed by atoms with Crippen molar-refractivity contribution < 1.29 is 4.79 Å². The number of carbonyl (C=O) groups excluding carboxylic acids is 1. The first-order chi connectivity index (χ1) is 6.33. The van der Waals surface area contributed by atoms with Crippen molar-refractivity contribution >= 4 is 5.91 Å². The Morgan fingerprint density at radius 2 is 2.38 bits per heavy atom. The first-order valence-corrected chi connectivity index (χ1v) is 5.07. The van der Waals surface area contributed by atoms with Crippen molar-refractivity contribution in [3.8, 4) is 12.3 Å². The monoisotopic (exact) mass is 177 g/mol. The van der Waals surface area contributed by atoms with Crippen molar-refractivity contribution in [1.82, 2.24) is 4.90 Å². The van der Waals surface area contributed by atoms with Crippen LogP contribution in [0.5, 0.6) is 0 Å². The molecule has 0 spiro atoms. The van der Waals surface area contributed by atoms with E-state index in [0.29, 0.717) is 17.9 Å². The van der Waals surface area contributed by atoms with Crippen LogP contribution in [0.1, 0.15) is 32.1 Å². The van der Waals surface area contributed by atoms with Gasteiger partial charge in [-0.1, -0.05) is 0 Å².